The molecule has 8 heteroatoms. The third-order valence-corrected chi connectivity index (χ3v) is 7.12. The maximum atomic E-state index is 12.8. The molecule has 1 amide bonds. The van der Waals surface area contributed by atoms with Crippen molar-refractivity contribution < 1.29 is 17.9 Å². The molecule has 0 atom stereocenters. The van der Waals surface area contributed by atoms with Gasteiger partial charge in [0.05, 0.1) is 17.6 Å². The molecular weight excluding hydrogens is 412 g/mol. The Bertz CT molecular complexity index is 786. The summed E-state index contributed by atoms with van der Waals surface area (Å²) in [4.78, 5) is 15.4. The lowest BCUT2D eigenvalue weighted by molar-refractivity contribution is 0.0898. The number of halogens is 1. The summed E-state index contributed by atoms with van der Waals surface area (Å²) in [6.07, 6.45) is 9.81. The molecule has 0 unspecified atom stereocenters. The second-order valence-electron chi connectivity index (χ2n) is 8.19. The Morgan fingerprint density at radius 3 is 2.38 bits per heavy atom. The molecule has 1 N–H and O–H groups in total. The van der Waals surface area contributed by atoms with Gasteiger partial charge in [0.15, 0.2) is 9.84 Å². The van der Waals surface area contributed by atoms with Gasteiger partial charge in [0.1, 0.15) is 5.75 Å². The van der Waals surface area contributed by atoms with Crippen molar-refractivity contribution in [1.29, 1.82) is 0 Å². The number of nitrogens with one attached hydrogen (secondary N) is 1. The van der Waals surface area contributed by atoms with E-state index < -0.39 is 9.84 Å². The highest BCUT2D eigenvalue weighted by atomic mass is 35.5. The molecule has 1 aromatic rings. The van der Waals surface area contributed by atoms with Crippen LogP contribution in [-0.4, -0.2) is 58.3 Å². The zero-order valence-electron chi connectivity index (χ0n) is 17.4. The Kier molecular flexibility index (Phi) is 8.79. The van der Waals surface area contributed by atoms with Gasteiger partial charge in [-0.25, -0.2) is 8.42 Å². The largest absolute Gasteiger partial charge is 0.496 e. The summed E-state index contributed by atoms with van der Waals surface area (Å²) in [6, 6.07) is 4.52. The monoisotopic (exact) mass is 444 g/mol. The summed E-state index contributed by atoms with van der Waals surface area (Å²) in [5.74, 6) is 0.954. The maximum absolute atomic E-state index is 12.8. The second-order valence-corrected chi connectivity index (χ2v) is 10.2. The van der Waals surface area contributed by atoms with Gasteiger partial charge in [-0.05, 0) is 49.8 Å². The number of hydrogen-bond donors (Lipinski definition) is 1. The molecule has 0 aromatic heterocycles. The fourth-order valence-electron chi connectivity index (χ4n) is 4.35. The first-order chi connectivity index (χ1) is 13.4. The van der Waals surface area contributed by atoms with Crippen LogP contribution in [0.15, 0.2) is 23.1 Å². The number of likely N-dealkylation sites (tertiary alicyclic amines) is 1. The van der Waals surface area contributed by atoms with Gasteiger partial charge in [-0.2, -0.15) is 0 Å². The highest BCUT2D eigenvalue weighted by molar-refractivity contribution is 7.90. The number of benzene rings is 1. The van der Waals surface area contributed by atoms with E-state index in [1.807, 2.05) is 0 Å². The maximum Gasteiger partial charge on any atom is 0.255 e. The Balaban J connectivity index is 0.00000300. The molecule has 0 bridgehead atoms. The van der Waals surface area contributed by atoms with Gasteiger partial charge in [0, 0.05) is 31.9 Å². The molecule has 1 aliphatic carbocycles. The number of nitrogens with zero attached hydrogens (tertiary/aromatic N) is 1. The van der Waals surface area contributed by atoms with E-state index in [9.17, 15) is 13.2 Å². The Morgan fingerprint density at radius 2 is 1.79 bits per heavy atom. The normalized spacial score (nSPS) is 19.4. The first kappa shape index (κ1) is 24.0. The third kappa shape index (κ3) is 6.59. The van der Waals surface area contributed by atoms with Crippen molar-refractivity contribution in [2.75, 3.05) is 33.0 Å². The molecule has 3 rings (SSSR count). The van der Waals surface area contributed by atoms with Gasteiger partial charge in [-0.15, -0.1) is 12.4 Å². The van der Waals surface area contributed by atoms with Gasteiger partial charge in [-0.1, -0.05) is 19.3 Å². The van der Waals surface area contributed by atoms with Crippen LogP contribution in [0.2, 0.25) is 0 Å². The SMILES string of the molecule is COc1ccc(S(C)(=O)=O)cc1C(=O)NC1CCN(CC2CCCCC2)CC1.Cl. The van der Waals surface area contributed by atoms with E-state index in [0.29, 0.717) is 5.75 Å². The van der Waals surface area contributed by atoms with Crippen LogP contribution in [0.25, 0.3) is 0 Å². The van der Waals surface area contributed by atoms with Crippen LogP contribution in [0.5, 0.6) is 5.75 Å². The van der Waals surface area contributed by atoms with Crippen molar-refractivity contribution >= 4 is 28.2 Å². The topological polar surface area (TPSA) is 75.7 Å². The summed E-state index contributed by atoms with van der Waals surface area (Å²) < 4.78 is 28.9. The van der Waals surface area contributed by atoms with Gasteiger partial charge in [-0.3, -0.25) is 4.79 Å². The van der Waals surface area contributed by atoms with E-state index >= 15 is 0 Å². The number of amides is 1. The van der Waals surface area contributed by atoms with E-state index in [4.69, 9.17) is 4.74 Å². The van der Waals surface area contributed by atoms with Crippen molar-refractivity contribution in [3.05, 3.63) is 23.8 Å². The summed E-state index contributed by atoms with van der Waals surface area (Å²) >= 11 is 0. The summed E-state index contributed by atoms with van der Waals surface area (Å²) in [6.45, 7) is 3.19. The number of hydrogen-bond acceptors (Lipinski definition) is 5. The molecular formula is C21H33ClN2O4S. The van der Waals surface area contributed by atoms with Crippen LogP contribution in [-0.2, 0) is 9.84 Å². The first-order valence-corrected chi connectivity index (χ1v) is 12.2. The number of ether oxygens (including phenoxy) is 1. The molecule has 2 fully saturated rings. The molecule has 2 aliphatic rings. The standard InChI is InChI=1S/C21H32N2O4S.ClH/c1-27-20-9-8-18(28(2,25)26)14-19(20)21(24)22-17-10-12-23(13-11-17)15-16-6-4-3-5-7-16;/h8-9,14,16-17H,3-7,10-13,15H2,1-2H3,(H,22,24);1H. The van der Waals surface area contributed by atoms with E-state index in [1.165, 1.54) is 64.0 Å². The van der Waals surface area contributed by atoms with Crippen molar-refractivity contribution in [1.82, 2.24) is 10.2 Å². The molecule has 1 heterocycles. The minimum atomic E-state index is -3.38. The van der Waals surface area contributed by atoms with Gasteiger partial charge in [0.2, 0.25) is 0 Å². The van der Waals surface area contributed by atoms with Crippen LogP contribution in [0.1, 0.15) is 55.3 Å². The summed E-state index contributed by atoms with van der Waals surface area (Å²) in [5, 5.41) is 3.07. The molecule has 0 spiro atoms. The third-order valence-electron chi connectivity index (χ3n) is 6.01. The van der Waals surface area contributed by atoms with Gasteiger partial charge >= 0.3 is 0 Å². The predicted octanol–water partition coefficient (Wildman–Crippen LogP) is 3.30. The quantitative estimate of drug-likeness (QED) is 0.728. The molecule has 1 saturated carbocycles. The van der Waals surface area contributed by atoms with Crippen molar-refractivity contribution in [3.63, 3.8) is 0 Å². The summed E-state index contributed by atoms with van der Waals surface area (Å²) in [5.41, 5.74) is 0.273. The van der Waals surface area contributed by atoms with E-state index in [0.717, 1.165) is 38.1 Å². The van der Waals surface area contributed by atoms with Gasteiger partial charge < -0.3 is 15.0 Å². The number of rotatable bonds is 6. The molecule has 164 valence electrons. The highest BCUT2D eigenvalue weighted by Gasteiger charge is 2.25. The van der Waals surface area contributed by atoms with Crippen LogP contribution >= 0.6 is 12.4 Å². The second kappa shape index (κ2) is 10.6. The predicted molar refractivity (Wildman–Crippen MR) is 117 cm³/mol. The molecule has 1 aromatic carbocycles. The van der Waals surface area contributed by atoms with Crippen LogP contribution in [0, 0.1) is 5.92 Å². The van der Waals surface area contributed by atoms with E-state index in [2.05, 4.69) is 10.2 Å². The average molecular weight is 445 g/mol. The van der Waals surface area contributed by atoms with E-state index in [-0.39, 0.29) is 34.8 Å². The number of piperidine rings is 1. The minimum Gasteiger partial charge on any atom is -0.496 e. The summed E-state index contributed by atoms with van der Waals surface area (Å²) in [7, 11) is -1.90. The fourth-order valence-corrected chi connectivity index (χ4v) is 5.00. The molecule has 1 aliphatic heterocycles. The smallest absolute Gasteiger partial charge is 0.255 e. The van der Waals surface area contributed by atoms with Crippen molar-refractivity contribution in [2.24, 2.45) is 5.92 Å². The fraction of sp³-hybridized carbons (Fsp3) is 0.667. The van der Waals surface area contributed by atoms with Crippen molar-refractivity contribution in [3.8, 4) is 5.75 Å². The molecule has 1 saturated heterocycles. The molecule has 29 heavy (non-hydrogen) atoms. The number of sulfone groups is 1. The van der Waals surface area contributed by atoms with E-state index in [1.54, 1.807) is 0 Å². The minimum absolute atomic E-state index is 0. The zero-order chi connectivity index (χ0) is 20.1. The van der Waals surface area contributed by atoms with Gasteiger partial charge in [0.25, 0.3) is 5.91 Å². The molecule has 0 radical (unpaired) electrons. The van der Waals surface area contributed by atoms with Crippen LogP contribution in [0.4, 0.5) is 0 Å². The lowest BCUT2D eigenvalue weighted by Gasteiger charge is -2.35. The zero-order valence-corrected chi connectivity index (χ0v) is 19.0. The lowest BCUT2D eigenvalue weighted by Crippen LogP contribution is -2.46. The van der Waals surface area contributed by atoms with Crippen LogP contribution in [0.3, 0.4) is 0 Å². The number of carbonyl (C=O) groups excluding carboxylic acids is 1. The number of carbonyl (C=O) groups is 1. The Labute approximate surface area is 180 Å². The Hall–Kier alpha value is -1.31. The number of methoxy groups -OCH3 is 1. The first-order valence-electron chi connectivity index (χ1n) is 10.3. The van der Waals surface area contributed by atoms with Crippen molar-refractivity contribution in [2.45, 2.75) is 55.9 Å². The molecule has 6 nitrogen and oxygen atoms in total. The average Bonchev–Trinajstić information content (AvgIpc) is 2.69. The Morgan fingerprint density at radius 1 is 1.14 bits per heavy atom. The lowest BCUT2D eigenvalue weighted by atomic mass is 9.88. The highest BCUT2D eigenvalue weighted by Crippen LogP contribution is 2.26. The van der Waals surface area contributed by atoms with Crippen LogP contribution < -0.4 is 10.1 Å².